The van der Waals surface area contributed by atoms with E-state index in [-0.39, 0.29) is 5.56 Å². The van der Waals surface area contributed by atoms with Crippen molar-refractivity contribution in [2.75, 3.05) is 19.8 Å². The fraction of sp³-hybridized carbons (Fsp3) is 0.318. The van der Waals surface area contributed by atoms with Crippen LogP contribution in [0.5, 0.6) is 11.5 Å². The second-order valence-electron chi connectivity index (χ2n) is 7.28. The van der Waals surface area contributed by atoms with Gasteiger partial charge in [-0.1, -0.05) is 12.1 Å². The normalized spacial score (nSPS) is 19.5. The van der Waals surface area contributed by atoms with E-state index >= 15 is 0 Å². The highest BCUT2D eigenvalue weighted by Crippen LogP contribution is 2.38. The first-order chi connectivity index (χ1) is 13.3. The number of likely N-dealkylation sites (tertiary alicyclic amines) is 1. The number of rotatable bonds is 3. The van der Waals surface area contributed by atoms with E-state index in [4.69, 9.17) is 9.47 Å². The first-order valence-electron chi connectivity index (χ1n) is 9.52. The third-order valence-electron chi connectivity index (χ3n) is 5.49. The molecule has 0 amide bonds. The Morgan fingerprint density at radius 2 is 1.89 bits per heavy atom. The molecule has 0 radical (unpaired) electrons. The van der Waals surface area contributed by atoms with Crippen LogP contribution in [0.4, 0.5) is 0 Å². The van der Waals surface area contributed by atoms with Gasteiger partial charge >= 0.3 is 0 Å². The van der Waals surface area contributed by atoms with Gasteiger partial charge in [-0.2, -0.15) is 0 Å². The summed E-state index contributed by atoms with van der Waals surface area (Å²) in [6.07, 6.45) is 2.35. The fourth-order valence-corrected chi connectivity index (χ4v) is 4.20. The minimum atomic E-state index is -0.0616. The molecule has 0 unspecified atom stereocenters. The smallest absolute Gasteiger partial charge is 0.248 e. The minimum Gasteiger partial charge on any atom is -0.486 e. The molecule has 3 heterocycles. The van der Waals surface area contributed by atoms with Crippen molar-refractivity contribution in [3.63, 3.8) is 0 Å². The van der Waals surface area contributed by atoms with Gasteiger partial charge in [0.25, 0.3) is 0 Å². The minimum absolute atomic E-state index is 0.0616. The van der Waals surface area contributed by atoms with E-state index in [1.165, 1.54) is 17.5 Å². The predicted molar refractivity (Wildman–Crippen MR) is 104 cm³/mol. The van der Waals surface area contributed by atoms with Crippen molar-refractivity contribution in [2.24, 2.45) is 0 Å². The molecule has 2 aliphatic heterocycles. The summed E-state index contributed by atoms with van der Waals surface area (Å²) in [5, 5.41) is 1.07. The highest BCUT2D eigenvalue weighted by molar-refractivity contribution is 5.78. The third kappa shape index (κ3) is 3.19. The number of pyridine rings is 1. The maximum atomic E-state index is 11.5. The first kappa shape index (κ1) is 16.4. The Kier molecular flexibility index (Phi) is 4.09. The number of H-pyrrole nitrogens is 1. The molecule has 2 aromatic carbocycles. The molecule has 138 valence electrons. The van der Waals surface area contributed by atoms with Crippen LogP contribution in [0.25, 0.3) is 10.9 Å². The van der Waals surface area contributed by atoms with Crippen molar-refractivity contribution in [2.45, 2.75) is 25.4 Å². The summed E-state index contributed by atoms with van der Waals surface area (Å²) < 4.78 is 11.4. The molecule has 1 saturated heterocycles. The van der Waals surface area contributed by atoms with Crippen LogP contribution in [0.3, 0.4) is 0 Å². The van der Waals surface area contributed by atoms with Crippen molar-refractivity contribution < 1.29 is 9.47 Å². The highest BCUT2D eigenvalue weighted by atomic mass is 16.6. The molecule has 2 aliphatic rings. The molecule has 5 rings (SSSR count). The van der Waals surface area contributed by atoms with E-state index in [2.05, 4.69) is 34.1 Å². The highest BCUT2D eigenvalue weighted by Gasteiger charge is 2.27. The van der Waals surface area contributed by atoms with Gasteiger partial charge in [0.1, 0.15) is 13.2 Å². The Bertz CT molecular complexity index is 1040. The van der Waals surface area contributed by atoms with E-state index in [0.29, 0.717) is 19.3 Å². The maximum Gasteiger partial charge on any atom is 0.248 e. The number of aromatic nitrogens is 1. The average molecular weight is 362 g/mol. The molecule has 0 saturated carbocycles. The lowest BCUT2D eigenvalue weighted by molar-refractivity contribution is 0.170. The fourth-order valence-electron chi connectivity index (χ4n) is 4.20. The monoisotopic (exact) mass is 362 g/mol. The second kappa shape index (κ2) is 6.74. The maximum absolute atomic E-state index is 11.5. The molecule has 1 atom stereocenters. The van der Waals surface area contributed by atoms with Crippen LogP contribution in [-0.4, -0.2) is 29.6 Å². The van der Waals surface area contributed by atoms with Gasteiger partial charge in [0.2, 0.25) is 5.56 Å². The number of nitrogens with one attached hydrogen (secondary N) is 1. The second-order valence-corrected chi connectivity index (χ2v) is 7.28. The number of ether oxygens (including phenoxy) is 2. The number of fused-ring (bicyclic) bond motifs is 2. The van der Waals surface area contributed by atoms with Gasteiger partial charge in [0.15, 0.2) is 11.5 Å². The lowest BCUT2D eigenvalue weighted by Crippen LogP contribution is -2.23. The molecule has 1 fully saturated rings. The summed E-state index contributed by atoms with van der Waals surface area (Å²) >= 11 is 0. The van der Waals surface area contributed by atoms with Crippen molar-refractivity contribution in [1.82, 2.24) is 9.88 Å². The van der Waals surface area contributed by atoms with Crippen molar-refractivity contribution in [3.8, 4) is 11.5 Å². The molecule has 5 nitrogen and oxygen atoms in total. The number of benzene rings is 2. The van der Waals surface area contributed by atoms with E-state index in [0.717, 1.165) is 41.9 Å². The van der Waals surface area contributed by atoms with Crippen molar-refractivity contribution in [3.05, 3.63) is 70.0 Å². The van der Waals surface area contributed by atoms with Gasteiger partial charge in [-0.15, -0.1) is 0 Å². The van der Waals surface area contributed by atoms with Crippen LogP contribution in [0.1, 0.15) is 30.0 Å². The SMILES string of the molecule is O=c1ccc2cc(CN3CCC[C@H]3c3ccc4c(c3)OCCO4)ccc2[nH]1. The van der Waals surface area contributed by atoms with Crippen molar-refractivity contribution >= 4 is 10.9 Å². The molecule has 0 spiro atoms. The number of hydrogen-bond donors (Lipinski definition) is 1. The van der Waals surface area contributed by atoms with Gasteiger partial charge in [0.05, 0.1) is 0 Å². The number of aromatic amines is 1. The topological polar surface area (TPSA) is 54.6 Å². The average Bonchev–Trinajstić information content (AvgIpc) is 3.16. The van der Waals surface area contributed by atoms with E-state index in [1.54, 1.807) is 6.07 Å². The Morgan fingerprint density at radius 1 is 1.00 bits per heavy atom. The Morgan fingerprint density at radius 3 is 2.81 bits per heavy atom. The van der Waals surface area contributed by atoms with E-state index in [9.17, 15) is 4.79 Å². The number of hydrogen-bond acceptors (Lipinski definition) is 4. The molecular formula is C22H22N2O3. The largest absolute Gasteiger partial charge is 0.486 e. The van der Waals surface area contributed by atoms with Gasteiger partial charge in [0, 0.05) is 24.2 Å². The molecule has 5 heteroatoms. The summed E-state index contributed by atoms with van der Waals surface area (Å²) in [5.41, 5.74) is 3.38. The summed E-state index contributed by atoms with van der Waals surface area (Å²) in [5.74, 6) is 1.71. The van der Waals surface area contributed by atoms with Crippen LogP contribution in [0.2, 0.25) is 0 Å². The Labute approximate surface area is 157 Å². The lowest BCUT2D eigenvalue weighted by atomic mass is 10.0. The quantitative estimate of drug-likeness (QED) is 0.773. The molecule has 0 aliphatic carbocycles. The molecule has 1 N–H and O–H groups in total. The molecule has 3 aromatic rings. The van der Waals surface area contributed by atoms with Gasteiger partial charge in [-0.05, 0) is 66.2 Å². The zero-order valence-electron chi connectivity index (χ0n) is 15.1. The summed E-state index contributed by atoms with van der Waals surface area (Å²) in [4.78, 5) is 16.9. The third-order valence-corrected chi connectivity index (χ3v) is 5.49. The molecule has 1 aromatic heterocycles. The lowest BCUT2D eigenvalue weighted by Gasteiger charge is -2.26. The molecular weight excluding hydrogens is 340 g/mol. The summed E-state index contributed by atoms with van der Waals surface area (Å²) in [7, 11) is 0. The van der Waals surface area contributed by atoms with Gasteiger partial charge in [-0.3, -0.25) is 9.69 Å². The zero-order chi connectivity index (χ0) is 18.2. The predicted octanol–water partition coefficient (Wildman–Crippen LogP) is 3.64. The van der Waals surface area contributed by atoms with Gasteiger partial charge in [-0.25, -0.2) is 0 Å². The first-order valence-corrected chi connectivity index (χ1v) is 9.52. The molecule has 0 bridgehead atoms. The van der Waals surface area contributed by atoms with Crippen LogP contribution < -0.4 is 15.0 Å². The van der Waals surface area contributed by atoms with Crippen LogP contribution in [0, 0.1) is 0 Å². The van der Waals surface area contributed by atoms with Crippen molar-refractivity contribution in [1.29, 1.82) is 0 Å². The zero-order valence-corrected chi connectivity index (χ0v) is 15.1. The van der Waals surface area contributed by atoms with E-state index in [1.807, 2.05) is 18.2 Å². The Hall–Kier alpha value is -2.79. The van der Waals surface area contributed by atoms with Gasteiger partial charge < -0.3 is 14.5 Å². The van der Waals surface area contributed by atoms with Crippen LogP contribution in [-0.2, 0) is 6.54 Å². The summed E-state index contributed by atoms with van der Waals surface area (Å²) in [6, 6.07) is 16.5. The summed E-state index contributed by atoms with van der Waals surface area (Å²) in [6.45, 7) is 3.22. The standard InChI is InChI=1S/C22H22N2O3/c25-22-8-5-16-12-15(3-6-18(16)23-22)14-24-9-1-2-19(24)17-4-7-20-21(13-17)27-11-10-26-20/h3-8,12-13,19H,1-2,9-11,14H2,(H,23,25)/t19-/m0/s1. The Balaban J connectivity index is 1.40. The molecule has 27 heavy (non-hydrogen) atoms. The number of nitrogens with zero attached hydrogens (tertiary/aromatic N) is 1. The van der Waals surface area contributed by atoms with E-state index < -0.39 is 0 Å². The van der Waals surface area contributed by atoms with Crippen LogP contribution >= 0.6 is 0 Å². The van der Waals surface area contributed by atoms with Crippen LogP contribution in [0.15, 0.2) is 53.3 Å².